The molecule has 1 N–H and O–H groups in total. The summed E-state index contributed by atoms with van der Waals surface area (Å²) in [4.78, 5) is 28.0. The maximum atomic E-state index is 11.9. The summed E-state index contributed by atoms with van der Waals surface area (Å²) >= 11 is 0. The average molecular weight is 361 g/mol. The van der Waals surface area contributed by atoms with Gasteiger partial charge in [0.25, 0.3) is 0 Å². The monoisotopic (exact) mass is 361 g/mol. The number of rotatable bonds is 6. The van der Waals surface area contributed by atoms with Crippen molar-refractivity contribution >= 4 is 17.9 Å². The molecular formula is C17H23N5O4. The Bertz CT molecular complexity index is 767. The number of hydrogen-bond donors (Lipinski definition) is 1. The van der Waals surface area contributed by atoms with Crippen LogP contribution in [0.25, 0.3) is 11.5 Å². The van der Waals surface area contributed by atoms with E-state index in [1.807, 2.05) is 6.92 Å². The van der Waals surface area contributed by atoms with Gasteiger partial charge in [-0.25, -0.2) is 9.78 Å². The van der Waals surface area contributed by atoms with Crippen molar-refractivity contribution in [3.05, 3.63) is 24.5 Å². The molecule has 0 unspecified atom stereocenters. The Kier molecular flexibility index (Phi) is 6.26. The number of anilines is 1. The molecule has 1 amide bonds. The molecule has 9 nitrogen and oxygen atoms in total. The molecule has 0 atom stereocenters. The van der Waals surface area contributed by atoms with Crippen LogP contribution in [0.2, 0.25) is 0 Å². The summed E-state index contributed by atoms with van der Waals surface area (Å²) in [6, 6.07) is 5.05. The average Bonchev–Trinajstić information content (AvgIpc) is 2.99. The molecule has 2 aromatic rings. The van der Waals surface area contributed by atoms with Crippen LogP contribution in [0.15, 0.2) is 24.5 Å². The van der Waals surface area contributed by atoms with E-state index in [0.29, 0.717) is 23.9 Å². The number of hydrogen-bond acceptors (Lipinski definition) is 7. The van der Waals surface area contributed by atoms with Crippen LogP contribution in [-0.4, -0.2) is 44.0 Å². The molecule has 2 aromatic heterocycles. The molecule has 2 rings (SSSR count). The van der Waals surface area contributed by atoms with Crippen LogP contribution in [0.4, 0.5) is 10.6 Å². The summed E-state index contributed by atoms with van der Waals surface area (Å²) < 4.78 is 11.8. The first-order valence-corrected chi connectivity index (χ1v) is 8.29. The van der Waals surface area contributed by atoms with Crippen molar-refractivity contribution in [2.75, 3.05) is 11.9 Å². The number of carbonyl (C=O) groups excluding carboxylic acids is 2. The quantitative estimate of drug-likeness (QED) is 0.788. The first-order valence-electron chi connectivity index (χ1n) is 8.29. The Labute approximate surface area is 151 Å². The molecule has 26 heavy (non-hydrogen) atoms. The number of pyridine rings is 1. The lowest BCUT2D eigenvalue weighted by atomic mass is 10.2. The Morgan fingerprint density at radius 3 is 2.73 bits per heavy atom. The normalized spacial score (nSPS) is 11.1. The van der Waals surface area contributed by atoms with Crippen LogP contribution in [0.5, 0.6) is 0 Å². The SMILES string of the molecule is CCCOC(=O)Cn1cnnc1-c1cccc(NC(=O)OC(C)(C)C)n1. The van der Waals surface area contributed by atoms with E-state index in [4.69, 9.17) is 9.47 Å². The summed E-state index contributed by atoms with van der Waals surface area (Å²) in [6.07, 6.45) is 1.57. The van der Waals surface area contributed by atoms with Gasteiger partial charge in [-0.05, 0) is 39.3 Å². The van der Waals surface area contributed by atoms with Crippen molar-refractivity contribution in [2.24, 2.45) is 0 Å². The third-order valence-electron chi connectivity index (χ3n) is 2.99. The maximum absolute atomic E-state index is 11.9. The van der Waals surface area contributed by atoms with E-state index in [1.54, 1.807) is 39.0 Å². The van der Waals surface area contributed by atoms with E-state index in [2.05, 4.69) is 20.5 Å². The molecule has 0 aliphatic heterocycles. The van der Waals surface area contributed by atoms with Crippen molar-refractivity contribution < 1.29 is 19.1 Å². The number of nitrogens with one attached hydrogen (secondary N) is 1. The summed E-state index contributed by atoms with van der Waals surface area (Å²) in [5, 5.41) is 10.4. The topological polar surface area (TPSA) is 108 Å². The maximum Gasteiger partial charge on any atom is 0.413 e. The molecule has 2 heterocycles. The molecule has 9 heteroatoms. The van der Waals surface area contributed by atoms with E-state index in [-0.39, 0.29) is 12.5 Å². The number of amides is 1. The van der Waals surface area contributed by atoms with Gasteiger partial charge in [0.15, 0.2) is 5.82 Å². The second-order valence-corrected chi connectivity index (χ2v) is 6.54. The van der Waals surface area contributed by atoms with E-state index in [1.165, 1.54) is 10.9 Å². The van der Waals surface area contributed by atoms with Crippen LogP contribution in [-0.2, 0) is 20.8 Å². The van der Waals surface area contributed by atoms with Crippen molar-refractivity contribution in [3.63, 3.8) is 0 Å². The highest BCUT2D eigenvalue weighted by molar-refractivity contribution is 5.84. The molecule has 0 fully saturated rings. The Hall–Kier alpha value is -2.97. The zero-order chi connectivity index (χ0) is 19.2. The second kappa shape index (κ2) is 8.41. The Morgan fingerprint density at radius 2 is 2.04 bits per heavy atom. The molecule has 0 aliphatic carbocycles. The Morgan fingerprint density at radius 1 is 1.27 bits per heavy atom. The minimum Gasteiger partial charge on any atom is -0.464 e. The smallest absolute Gasteiger partial charge is 0.413 e. The van der Waals surface area contributed by atoms with Gasteiger partial charge in [-0.1, -0.05) is 13.0 Å². The summed E-state index contributed by atoms with van der Waals surface area (Å²) in [7, 11) is 0. The summed E-state index contributed by atoms with van der Waals surface area (Å²) in [5.41, 5.74) is -0.153. The summed E-state index contributed by atoms with van der Waals surface area (Å²) in [6.45, 7) is 7.59. The van der Waals surface area contributed by atoms with Gasteiger partial charge in [-0.3, -0.25) is 10.1 Å². The van der Waals surface area contributed by atoms with E-state index in [0.717, 1.165) is 6.42 Å². The van der Waals surface area contributed by atoms with Crippen LogP contribution in [0.3, 0.4) is 0 Å². The summed E-state index contributed by atoms with van der Waals surface area (Å²) in [5.74, 6) is 0.321. The van der Waals surface area contributed by atoms with Crippen LogP contribution in [0, 0.1) is 0 Å². The van der Waals surface area contributed by atoms with Crippen molar-refractivity contribution in [1.29, 1.82) is 0 Å². The highest BCUT2D eigenvalue weighted by Crippen LogP contribution is 2.17. The fraction of sp³-hybridized carbons (Fsp3) is 0.471. The highest BCUT2D eigenvalue weighted by Gasteiger charge is 2.17. The molecule has 140 valence electrons. The number of nitrogens with zero attached hydrogens (tertiary/aromatic N) is 4. The lowest BCUT2D eigenvalue weighted by Crippen LogP contribution is -2.27. The molecule has 0 bridgehead atoms. The third-order valence-corrected chi connectivity index (χ3v) is 2.99. The number of esters is 1. The van der Waals surface area contributed by atoms with Gasteiger partial charge in [0.05, 0.1) is 6.61 Å². The van der Waals surface area contributed by atoms with Gasteiger partial charge < -0.3 is 14.0 Å². The van der Waals surface area contributed by atoms with Crippen molar-refractivity contribution in [1.82, 2.24) is 19.7 Å². The molecular weight excluding hydrogens is 338 g/mol. The standard InChI is InChI=1S/C17H23N5O4/c1-5-9-25-14(23)10-22-11-18-21-15(22)12-7-6-8-13(19-12)20-16(24)26-17(2,3)4/h6-8,11H,5,9-10H2,1-4H3,(H,19,20,24). The van der Waals surface area contributed by atoms with Crippen LogP contribution >= 0.6 is 0 Å². The van der Waals surface area contributed by atoms with Gasteiger partial charge in [0, 0.05) is 0 Å². The Balaban J connectivity index is 2.12. The van der Waals surface area contributed by atoms with Gasteiger partial charge in [-0.15, -0.1) is 10.2 Å². The fourth-order valence-electron chi connectivity index (χ4n) is 2.01. The lowest BCUT2D eigenvalue weighted by Gasteiger charge is -2.19. The third kappa shape index (κ3) is 5.83. The fourth-order valence-corrected chi connectivity index (χ4v) is 2.01. The predicted molar refractivity (Wildman–Crippen MR) is 94.4 cm³/mol. The zero-order valence-electron chi connectivity index (χ0n) is 15.4. The molecule has 0 aliphatic rings. The minimum atomic E-state index is -0.610. The molecule has 0 saturated heterocycles. The first-order chi connectivity index (χ1) is 12.3. The van der Waals surface area contributed by atoms with E-state index >= 15 is 0 Å². The minimum absolute atomic E-state index is 0.0201. The molecule has 0 aromatic carbocycles. The van der Waals surface area contributed by atoms with Crippen LogP contribution < -0.4 is 5.32 Å². The zero-order valence-corrected chi connectivity index (χ0v) is 15.4. The van der Waals surface area contributed by atoms with Crippen molar-refractivity contribution in [2.45, 2.75) is 46.3 Å². The second-order valence-electron chi connectivity index (χ2n) is 6.54. The largest absolute Gasteiger partial charge is 0.464 e. The number of ether oxygens (including phenoxy) is 2. The van der Waals surface area contributed by atoms with Gasteiger partial charge in [0.1, 0.15) is 30.0 Å². The van der Waals surface area contributed by atoms with Gasteiger partial charge >= 0.3 is 12.1 Å². The van der Waals surface area contributed by atoms with E-state index < -0.39 is 11.7 Å². The van der Waals surface area contributed by atoms with Crippen molar-refractivity contribution in [3.8, 4) is 11.5 Å². The predicted octanol–water partition coefficient (Wildman–Crippen LogP) is 2.64. The van der Waals surface area contributed by atoms with Crippen LogP contribution in [0.1, 0.15) is 34.1 Å². The van der Waals surface area contributed by atoms with Gasteiger partial charge in [0.2, 0.25) is 0 Å². The van der Waals surface area contributed by atoms with Gasteiger partial charge in [-0.2, -0.15) is 0 Å². The number of carbonyl (C=O) groups is 2. The molecule has 0 spiro atoms. The lowest BCUT2D eigenvalue weighted by molar-refractivity contribution is -0.144. The molecule has 0 saturated carbocycles. The highest BCUT2D eigenvalue weighted by atomic mass is 16.6. The number of aromatic nitrogens is 4. The first kappa shape index (κ1) is 19.4. The molecule has 0 radical (unpaired) electrons. The van der Waals surface area contributed by atoms with E-state index in [9.17, 15) is 9.59 Å².